The summed E-state index contributed by atoms with van der Waals surface area (Å²) in [5, 5.41) is 0. The molecule has 3 aliphatic carbocycles. The van der Waals surface area contributed by atoms with Gasteiger partial charge in [0.25, 0.3) is 0 Å². The van der Waals surface area contributed by atoms with Crippen LogP contribution in [0.1, 0.15) is 69.8 Å². The van der Waals surface area contributed by atoms with Crippen molar-refractivity contribution in [3.8, 4) is 5.75 Å². The van der Waals surface area contributed by atoms with E-state index in [1.165, 1.54) is 69.1 Å². The molecule has 0 bridgehead atoms. The van der Waals surface area contributed by atoms with Gasteiger partial charge in [-0.1, -0.05) is 31.9 Å². The lowest BCUT2D eigenvalue weighted by Gasteiger charge is -2.31. The van der Waals surface area contributed by atoms with Crippen molar-refractivity contribution in [2.24, 2.45) is 23.2 Å². The van der Waals surface area contributed by atoms with E-state index in [4.69, 9.17) is 0 Å². The molecule has 0 radical (unpaired) electrons. The lowest BCUT2D eigenvalue weighted by Crippen LogP contribution is -2.19. The van der Waals surface area contributed by atoms with Crippen molar-refractivity contribution >= 4 is 0 Å². The monoisotopic (exact) mass is 352 g/mol. The standard InChI is InChI=1S/C21H27F3O/c1-14-2-8-18-19(9-3-14)20(18)12-10-16(11-13-20)15-4-6-17(7-5-15)25-21(22,23)24/h4-7,14,16,18-19H,2-3,8-13H2,1H3. The Balaban J connectivity index is 1.35. The molecule has 2 atom stereocenters. The first kappa shape index (κ1) is 17.2. The van der Waals surface area contributed by atoms with Crippen molar-refractivity contribution in [2.75, 3.05) is 0 Å². The average molecular weight is 352 g/mol. The molecule has 4 rings (SSSR count). The van der Waals surface area contributed by atoms with E-state index in [-0.39, 0.29) is 5.75 Å². The van der Waals surface area contributed by atoms with Gasteiger partial charge in [0.2, 0.25) is 0 Å². The van der Waals surface area contributed by atoms with Gasteiger partial charge in [0.15, 0.2) is 0 Å². The molecule has 3 saturated carbocycles. The third-order valence-corrected chi connectivity index (χ3v) is 7.30. The predicted octanol–water partition coefficient (Wildman–Crippen LogP) is 6.69. The summed E-state index contributed by atoms with van der Waals surface area (Å²) in [4.78, 5) is 0. The molecule has 3 aliphatic rings. The fraction of sp³-hybridized carbons (Fsp3) is 0.714. The number of hydrogen-bond donors (Lipinski definition) is 0. The Morgan fingerprint density at radius 2 is 1.44 bits per heavy atom. The zero-order valence-electron chi connectivity index (χ0n) is 14.8. The van der Waals surface area contributed by atoms with E-state index in [1.54, 1.807) is 0 Å². The SMILES string of the molecule is CC1CCC2C(CC1)C21CCC(c2ccc(OC(F)(F)F)cc2)CC1. The van der Waals surface area contributed by atoms with Crippen molar-refractivity contribution in [3.05, 3.63) is 29.8 Å². The van der Waals surface area contributed by atoms with Crippen molar-refractivity contribution in [1.29, 1.82) is 0 Å². The van der Waals surface area contributed by atoms with Gasteiger partial charge in [-0.2, -0.15) is 0 Å². The van der Waals surface area contributed by atoms with Crippen molar-refractivity contribution < 1.29 is 17.9 Å². The molecule has 4 heteroatoms. The van der Waals surface area contributed by atoms with Crippen LogP contribution in [0.3, 0.4) is 0 Å². The van der Waals surface area contributed by atoms with Crippen LogP contribution in [0.5, 0.6) is 5.75 Å². The summed E-state index contributed by atoms with van der Waals surface area (Å²) >= 11 is 0. The van der Waals surface area contributed by atoms with Crippen LogP contribution in [-0.4, -0.2) is 6.36 Å². The van der Waals surface area contributed by atoms with E-state index in [0.29, 0.717) is 11.3 Å². The molecule has 1 spiro atoms. The van der Waals surface area contributed by atoms with Crippen molar-refractivity contribution in [3.63, 3.8) is 0 Å². The maximum atomic E-state index is 12.3. The third-order valence-electron chi connectivity index (χ3n) is 7.30. The molecule has 0 heterocycles. The van der Waals surface area contributed by atoms with Gasteiger partial charge in [-0.05, 0) is 85.3 Å². The van der Waals surface area contributed by atoms with E-state index in [2.05, 4.69) is 11.7 Å². The zero-order valence-corrected chi connectivity index (χ0v) is 14.8. The van der Waals surface area contributed by atoms with E-state index < -0.39 is 6.36 Å². The summed E-state index contributed by atoms with van der Waals surface area (Å²) in [7, 11) is 0. The Bertz CT molecular complexity index is 583. The summed E-state index contributed by atoms with van der Waals surface area (Å²) in [6.45, 7) is 2.39. The molecule has 0 saturated heterocycles. The van der Waals surface area contributed by atoms with Crippen molar-refractivity contribution in [1.82, 2.24) is 0 Å². The lowest BCUT2D eigenvalue weighted by atomic mass is 9.73. The Morgan fingerprint density at radius 1 is 0.880 bits per heavy atom. The van der Waals surface area contributed by atoms with Gasteiger partial charge in [-0.25, -0.2) is 0 Å². The maximum absolute atomic E-state index is 12.3. The molecule has 0 aliphatic heterocycles. The van der Waals surface area contributed by atoms with Crippen LogP contribution in [0, 0.1) is 23.2 Å². The van der Waals surface area contributed by atoms with Gasteiger partial charge in [-0.15, -0.1) is 13.2 Å². The van der Waals surface area contributed by atoms with Crippen molar-refractivity contribution in [2.45, 2.75) is 70.6 Å². The van der Waals surface area contributed by atoms with Gasteiger partial charge >= 0.3 is 6.36 Å². The van der Waals surface area contributed by atoms with Crippen LogP contribution >= 0.6 is 0 Å². The number of benzene rings is 1. The summed E-state index contributed by atoms with van der Waals surface area (Å²) in [6.07, 6.45) is 5.99. The quantitative estimate of drug-likeness (QED) is 0.576. The van der Waals surface area contributed by atoms with Crippen LogP contribution < -0.4 is 4.74 Å². The highest BCUT2D eigenvalue weighted by atomic mass is 19.4. The first-order valence-electron chi connectivity index (χ1n) is 9.73. The minimum atomic E-state index is -4.61. The highest BCUT2D eigenvalue weighted by Gasteiger charge is 2.63. The molecule has 0 aromatic heterocycles. The van der Waals surface area contributed by atoms with Crippen LogP contribution in [0.15, 0.2) is 24.3 Å². The van der Waals surface area contributed by atoms with E-state index in [9.17, 15) is 13.2 Å². The van der Waals surface area contributed by atoms with Crippen LogP contribution in [0.25, 0.3) is 0 Å². The van der Waals surface area contributed by atoms with Gasteiger partial charge < -0.3 is 4.74 Å². The van der Waals surface area contributed by atoms with Crippen LogP contribution in [-0.2, 0) is 0 Å². The minimum Gasteiger partial charge on any atom is -0.406 e. The molecule has 1 nitrogen and oxygen atoms in total. The average Bonchev–Trinajstić information content (AvgIpc) is 3.21. The highest BCUT2D eigenvalue weighted by Crippen LogP contribution is 2.71. The second-order valence-corrected chi connectivity index (χ2v) is 8.60. The first-order chi connectivity index (χ1) is 11.9. The normalized spacial score (nSPS) is 38.1. The largest absolute Gasteiger partial charge is 0.573 e. The fourth-order valence-corrected chi connectivity index (χ4v) is 5.89. The lowest BCUT2D eigenvalue weighted by molar-refractivity contribution is -0.274. The molecule has 3 fully saturated rings. The van der Waals surface area contributed by atoms with Crippen LogP contribution in [0.2, 0.25) is 0 Å². The predicted molar refractivity (Wildman–Crippen MR) is 91.4 cm³/mol. The second-order valence-electron chi connectivity index (χ2n) is 8.60. The Kier molecular flexibility index (Phi) is 4.28. The van der Waals surface area contributed by atoms with Gasteiger partial charge in [0.1, 0.15) is 5.75 Å². The summed E-state index contributed by atoms with van der Waals surface area (Å²) in [5.41, 5.74) is 1.79. The number of fused-ring (bicyclic) bond motifs is 3. The number of ether oxygens (including phenoxy) is 1. The number of rotatable bonds is 2. The molecular weight excluding hydrogens is 325 g/mol. The van der Waals surface area contributed by atoms with E-state index >= 15 is 0 Å². The third kappa shape index (κ3) is 3.41. The Labute approximate surface area is 147 Å². The molecule has 1 aromatic rings. The number of alkyl halides is 3. The van der Waals surface area contributed by atoms with Gasteiger partial charge in [0, 0.05) is 0 Å². The smallest absolute Gasteiger partial charge is 0.406 e. The minimum absolute atomic E-state index is 0.123. The first-order valence-corrected chi connectivity index (χ1v) is 9.73. The van der Waals surface area contributed by atoms with Crippen LogP contribution in [0.4, 0.5) is 13.2 Å². The Morgan fingerprint density at radius 3 is 1.96 bits per heavy atom. The molecule has 138 valence electrons. The summed E-state index contributed by atoms with van der Waals surface area (Å²) in [6, 6.07) is 6.54. The van der Waals surface area contributed by atoms with E-state index in [0.717, 1.165) is 17.8 Å². The molecule has 1 aromatic carbocycles. The topological polar surface area (TPSA) is 9.23 Å². The molecule has 0 N–H and O–H groups in total. The molecule has 0 amide bonds. The van der Waals surface area contributed by atoms with Gasteiger partial charge in [-0.3, -0.25) is 0 Å². The molecule has 2 unspecified atom stereocenters. The number of halogens is 3. The van der Waals surface area contributed by atoms with Gasteiger partial charge in [0.05, 0.1) is 0 Å². The summed E-state index contributed by atoms with van der Waals surface area (Å²) < 4.78 is 40.8. The Hall–Kier alpha value is -1.19. The van der Waals surface area contributed by atoms with E-state index in [1.807, 2.05) is 12.1 Å². The molecule has 25 heavy (non-hydrogen) atoms. The molecular formula is C21H27F3O. The zero-order chi connectivity index (χ0) is 17.7. The fourth-order valence-electron chi connectivity index (χ4n) is 5.89. The highest BCUT2D eigenvalue weighted by molar-refractivity contribution is 5.30. The maximum Gasteiger partial charge on any atom is 0.573 e. The summed E-state index contributed by atoms with van der Waals surface area (Å²) in [5.74, 6) is 3.19. The number of hydrogen-bond acceptors (Lipinski definition) is 1. The second kappa shape index (κ2) is 6.21.